The van der Waals surface area contributed by atoms with Crippen LogP contribution in [0.25, 0.3) is 0 Å². The summed E-state index contributed by atoms with van der Waals surface area (Å²) in [4.78, 5) is 8.14. The van der Waals surface area contributed by atoms with Crippen molar-refractivity contribution in [2.45, 2.75) is 18.5 Å². The van der Waals surface area contributed by atoms with Gasteiger partial charge in [0.1, 0.15) is 0 Å². The molecule has 0 bridgehead atoms. The highest BCUT2D eigenvalue weighted by atomic mass is 32.2. The van der Waals surface area contributed by atoms with Crippen LogP contribution in [0, 0.1) is 0 Å². The smallest absolute Gasteiger partial charge is 0.186 e. The van der Waals surface area contributed by atoms with Crippen LogP contribution < -0.4 is 11.5 Å². The van der Waals surface area contributed by atoms with E-state index in [1.807, 2.05) is 12.1 Å². The van der Waals surface area contributed by atoms with Gasteiger partial charge in [-0.15, -0.1) is 11.8 Å². The van der Waals surface area contributed by atoms with Gasteiger partial charge in [-0.05, 0) is 23.4 Å². The molecule has 0 amide bonds. The highest BCUT2D eigenvalue weighted by molar-refractivity contribution is 7.99. The Hall–Kier alpha value is -1.23. The highest BCUT2D eigenvalue weighted by Gasteiger charge is 1.96. The van der Waals surface area contributed by atoms with Crippen molar-refractivity contribution in [1.82, 2.24) is 4.98 Å². The normalized spacial score (nSPS) is 9.79. The van der Waals surface area contributed by atoms with Crippen LogP contribution in [0.4, 0.5) is 0 Å². The molecule has 1 heterocycles. The molecular formula is C9H14N4S. The van der Waals surface area contributed by atoms with Gasteiger partial charge in [-0.3, -0.25) is 0 Å². The molecule has 14 heavy (non-hydrogen) atoms. The number of nitrogens with zero attached hydrogens (tertiary/aromatic N) is 2. The van der Waals surface area contributed by atoms with Crippen LogP contribution in [0.3, 0.4) is 0 Å². The fourth-order valence-electron chi connectivity index (χ4n) is 0.958. The largest absolute Gasteiger partial charge is 0.370 e. The molecule has 0 fully saturated rings. The topological polar surface area (TPSA) is 77.3 Å². The Labute approximate surface area is 87.8 Å². The molecule has 0 aromatic carbocycles. The van der Waals surface area contributed by atoms with Crippen LogP contribution in [-0.2, 0) is 6.54 Å². The zero-order chi connectivity index (χ0) is 10.4. The van der Waals surface area contributed by atoms with Crippen LogP contribution in [0.1, 0.15) is 12.5 Å². The SMILES string of the molecule is CCSc1cc(CN=C(N)N)ccn1. The molecule has 1 rings (SSSR count). The number of guanidine groups is 1. The van der Waals surface area contributed by atoms with Gasteiger partial charge in [0.25, 0.3) is 0 Å². The first kappa shape index (κ1) is 10.8. The van der Waals surface area contributed by atoms with Crippen molar-refractivity contribution < 1.29 is 0 Å². The molecule has 1 aromatic rings. The van der Waals surface area contributed by atoms with Crippen molar-refractivity contribution in [3.05, 3.63) is 23.9 Å². The minimum atomic E-state index is 0.117. The summed E-state index contributed by atoms with van der Waals surface area (Å²) in [6.07, 6.45) is 1.77. The Morgan fingerprint density at radius 1 is 1.57 bits per heavy atom. The first-order chi connectivity index (χ1) is 6.72. The molecule has 0 aliphatic heterocycles. The van der Waals surface area contributed by atoms with Crippen molar-refractivity contribution in [2.24, 2.45) is 16.5 Å². The van der Waals surface area contributed by atoms with Gasteiger partial charge in [-0.25, -0.2) is 9.98 Å². The van der Waals surface area contributed by atoms with Gasteiger partial charge in [0.15, 0.2) is 5.96 Å². The molecule has 0 aliphatic carbocycles. The monoisotopic (exact) mass is 210 g/mol. The lowest BCUT2D eigenvalue weighted by Gasteiger charge is -2.00. The molecule has 4 N–H and O–H groups in total. The number of thioether (sulfide) groups is 1. The van der Waals surface area contributed by atoms with Crippen molar-refractivity contribution in [2.75, 3.05) is 5.75 Å². The number of rotatable bonds is 4. The molecule has 0 unspecified atom stereocenters. The predicted octanol–water partition coefficient (Wildman–Crippen LogP) is 0.967. The maximum Gasteiger partial charge on any atom is 0.186 e. The lowest BCUT2D eigenvalue weighted by Crippen LogP contribution is -2.22. The Bertz CT molecular complexity index is 320. The quantitative estimate of drug-likeness (QED) is 0.441. The summed E-state index contributed by atoms with van der Waals surface area (Å²) >= 11 is 1.70. The summed E-state index contributed by atoms with van der Waals surface area (Å²) in [5.41, 5.74) is 11.6. The van der Waals surface area contributed by atoms with Gasteiger partial charge in [0, 0.05) is 6.20 Å². The zero-order valence-electron chi connectivity index (χ0n) is 8.10. The minimum absolute atomic E-state index is 0.117. The highest BCUT2D eigenvalue weighted by Crippen LogP contribution is 2.15. The Kier molecular flexibility index (Phi) is 4.25. The summed E-state index contributed by atoms with van der Waals surface area (Å²) in [6, 6.07) is 3.91. The summed E-state index contributed by atoms with van der Waals surface area (Å²) < 4.78 is 0. The molecule has 76 valence electrons. The lowest BCUT2D eigenvalue weighted by molar-refractivity contribution is 1.01. The second kappa shape index (κ2) is 5.49. The third kappa shape index (κ3) is 3.66. The van der Waals surface area contributed by atoms with Gasteiger partial charge >= 0.3 is 0 Å². The van der Waals surface area contributed by atoms with Crippen LogP contribution >= 0.6 is 11.8 Å². The minimum Gasteiger partial charge on any atom is -0.370 e. The molecule has 1 aromatic heterocycles. The third-order valence-corrected chi connectivity index (χ3v) is 2.34. The summed E-state index contributed by atoms with van der Waals surface area (Å²) in [5, 5.41) is 1.01. The van der Waals surface area contributed by atoms with E-state index in [0.29, 0.717) is 6.54 Å². The van der Waals surface area contributed by atoms with E-state index in [9.17, 15) is 0 Å². The van der Waals surface area contributed by atoms with Gasteiger partial charge in [0.05, 0.1) is 11.6 Å². The second-order valence-corrected chi connectivity index (χ2v) is 3.96. The van der Waals surface area contributed by atoms with E-state index in [1.165, 1.54) is 0 Å². The molecule has 0 spiro atoms. The van der Waals surface area contributed by atoms with E-state index in [1.54, 1.807) is 18.0 Å². The van der Waals surface area contributed by atoms with Crippen molar-refractivity contribution in [3.8, 4) is 0 Å². The van der Waals surface area contributed by atoms with Gasteiger partial charge in [0.2, 0.25) is 0 Å². The van der Waals surface area contributed by atoms with E-state index in [0.717, 1.165) is 16.3 Å². The van der Waals surface area contributed by atoms with Crippen LogP contribution in [0.2, 0.25) is 0 Å². The standard InChI is InChI=1S/C9H14N4S/c1-2-14-8-5-7(3-4-12-8)6-13-9(10)11/h3-5H,2,6H2,1H3,(H4,10,11,13). The van der Waals surface area contributed by atoms with E-state index in [2.05, 4.69) is 16.9 Å². The summed E-state index contributed by atoms with van der Waals surface area (Å²) in [7, 11) is 0. The number of hydrogen-bond acceptors (Lipinski definition) is 3. The second-order valence-electron chi connectivity index (χ2n) is 2.68. The van der Waals surface area contributed by atoms with Crippen LogP contribution in [0.15, 0.2) is 28.3 Å². The van der Waals surface area contributed by atoms with Crippen molar-refractivity contribution in [1.29, 1.82) is 0 Å². The van der Waals surface area contributed by atoms with Crippen LogP contribution in [0.5, 0.6) is 0 Å². The molecule has 4 nitrogen and oxygen atoms in total. The average Bonchev–Trinajstić information content (AvgIpc) is 2.16. The first-order valence-electron chi connectivity index (χ1n) is 4.35. The molecule has 0 saturated heterocycles. The predicted molar refractivity (Wildman–Crippen MR) is 60.1 cm³/mol. The van der Waals surface area contributed by atoms with E-state index < -0.39 is 0 Å². The maximum absolute atomic E-state index is 5.24. The number of aromatic nitrogens is 1. The molecule has 0 aliphatic rings. The first-order valence-corrected chi connectivity index (χ1v) is 5.34. The van der Waals surface area contributed by atoms with Gasteiger partial charge in [-0.1, -0.05) is 6.92 Å². The zero-order valence-corrected chi connectivity index (χ0v) is 8.92. The van der Waals surface area contributed by atoms with Gasteiger partial charge < -0.3 is 11.5 Å². The fourth-order valence-corrected chi connectivity index (χ4v) is 1.62. The lowest BCUT2D eigenvalue weighted by atomic mass is 10.3. The summed E-state index contributed by atoms with van der Waals surface area (Å²) in [6.45, 7) is 2.61. The summed E-state index contributed by atoms with van der Waals surface area (Å²) in [5.74, 6) is 1.13. The number of hydrogen-bond donors (Lipinski definition) is 2. The van der Waals surface area contributed by atoms with Crippen molar-refractivity contribution in [3.63, 3.8) is 0 Å². The number of nitrogens with two attached hydrogens (primary N) is 2. The molecular weight excluding hydrogens is 196 g/mol. The number of pyridine rings is 1. The van der Waals surface area contributed by atoms with E-state index in [-0.39, 0.29) is 5.96 Å². The van der Waals surface area contributed by atoms with Crippen molar-refractivity contribution >= 4 is 17.7 Å². The molecule has 0 atom stereocenters. The third-order valence-electron chi connectivity index (χ3n) is 1.54. The van der Waals surface area contributed by atoms with Gasteiger partial charge in [-0.2, -0.15) is 0 Å². The molecule has 5 heteroatoms. The average molecular weight is 210 g/mol. The van der Waals surface area contributed by atoms with E-state index in [4.69, 9.17) is 11.5 Å². The Morgan fingerprint density at radius 2 is 2.36 bits per heavy atom. The maximum atomic E-state index is 5.24. The Balaban J connectivity index is 2.68. The number of aliphatic imine (C=N–C) groups is 1. The Morgan fingerprint density at radius 3 is 3.00 bits per heavy atom. The van der Waals surface area contributed by atoms with Crippen LogP contribution in [-0.4, -0.2) is 16.7 Å². The molecule has 0 radical (unpaired) electrons. The molecule has 0 saturated carbocycles. The fraction of sp³-hybridized carbons (Fsp3) is 0.333. The van der Waals surface area contributed by atoms with E-state index >= 15 is 0 Å².